The van der Waals surface area contributed by atoms with Gasteiger partial charge in [0.1, 0.15) is 0 Å². The number of nitrogens with one attached hydrogen (secondary N) is 1. The molecule has 0 radical (unpaired) electrons. The van der Waals surface area contributed by atoms with Crippen molar-refractivity contribution in [3.8, 4) is 5.75 Å². The summed E-state index contributed by atoms with van der Waals surface area (Å²) in [7, 11) is -3.96. The Morgan fingerprint density at radius 2 is 1.93 bits per heavy atom. The Balaban J connectivity index is 1.83. The number of sulfonamides is 1. The number of hydrogen-bond donors (Lipinski definition) is 1. The Morgan fingerprint density at radius 1 is 1.21 bits per heavy atom. The second kappa shape index (κ2) is 7.67. The summed E-state index contributed by atoms with van der Waals surface area (Å²) in [4.78, 5) is 14.1. The average molecular weight is 421 g/mol. The molecular formula is C21H25FN2O4S. The molecule has 8 heteroatoms. The van der Waals surface area contributed by atoms with E-state index in [2.05, 4.69) is 4.72 Å². The molecule has 156 valence electrons. The number of halogens is 1. The number of rotatable bonds is 5. The van der Waals surface area contributed by atoms with Gasteiger partial charge in [-0.3, -0.25) is 9.52 Å². The van der Waals surface area contributed by atoms with Crippen LogP contribution < -0.4 is 14.4 Å². The van der Waals surface area contributed by atoms with Gasteiger partial charge in [-0.25, -0.2) is 12.8 Å². The van der Waals surface area contributed by atoms with Gasteiger partial charge in [0.2, 0.25) is 5.91 Å². The highest BCUT2D eigenvalue weighted by atomic mass is 32.2. The Kier molecular flexibility index (Phi) is 5.58. The Bertz CT molecular complexity index is 1050. The van der Waals surface area contributed by atoms with Gasteiger partial charge < -0.3 is 9.64 Å². The molecule has 0 bridgehead atoms. The van der Waals surface area contributed by atoms with Gasteiger partial charge in [-0.15, -0.1) is 0 Å². The molecule has 0 aromatic heterocycles. The first-order valence-electron chi connectivity index (χ1n) is 9.43. The van der Waals surface area contributed by atoms with Gasteiger partial charge in [-0.05, 0) is 55.3 Å². The Labute approximate surface area is 170 Å². The average Bonchev–Trinajstić information content (AvgIpc) is 3.04. The molecule has 0 aliphatic carbocycles. The summed E-state index contributed by atoms with van der Waals surface area (Å²) in [5.74, 6) is -0.706. The maximum Gasteiger partial charge on any atom is 0.262 e. The first kappa shape index (κ1) is 21.1. The summed E-state index contributed by atoms with van der Waals surface area (Å²) < 4.78 is 46.9. The second-order valence-electron chi connectivity index (χ2n) is 7.93. The van der Waals surface area contributed by atoms with Crippen LogP contribution in [0.5, 0.6) is 5.75 Å². The standard InChI is InChI=1S/C21H25FN2O4S/c1-5-28-19-9-7-16(13-17(19)22)29(26,27)23-15-6-8-18-14(12-15)10-11-24(18)20(25)21(2,3)4/h6-9,12-13,23H,5,10-11H2,1-4H3. The number of carbonyl (C=O) groups is 1. The summed E-state index contributed by atoms with van der Waals surface area (Å²) in [5.41, 5.74) is 1.54. The zero-order valence-corrected chi connectivity index (χ0v) is 17.8. The fraction of sp³-hybridized carbons (Fsp3) is 0.381. The number of ether oxygens (including phenoxy) is 1. The predicted octanol–water partition coefficient (Wildman–Crippen LogP) is 3.96. The van der Waals surface area contributed by atoms with Crippen molar-refractivity contribution in [3.05, 3.63) is 47.8 Å². The van der Waals surface area contributed by atoms with Crippen LogP contribution in [0.3, 0.4) is 0 Å². The van der Waals surface area contributed by atoms with E-state index in [1.807, 2.05) is 20.8 Å². The van der Waals surface area contributed by atoms with Crippen LogP contribution in [-0.4, -0.2) is 27.5 Å². The van der Waals surface area contributed by atoms with Crippen molar-refractivity contribution >= 4 is 27.3 Å². The maximum absolute atomic E-state index is 14.0. The zero-order chi connectivity index (χ0) is 21.4. The minimum absolute atomic E-state index is 0.00703. The van der Waals surface area contributed by atoms with Crippen LogP contribution >= 0.6 is 0 Å². The molecule has 1 amide bonds. The number of hydrogen-bond acceptors (Lipinski definition) is 4. The molecule has 1 heterocycles. The Hall–Kier alpha value is -2.61. The van der Waals surface area contributed by atoms with Crippen LogP contribution in [0.15, 0.2) is 41.3 Å². The van der Waals surface area contributed by atoms with Crippen molar-refractivity contribution in [1.82, 2.24) is 0 Å². The smallest absolute Gasteiger partial charge is 0.262 e. The number of nitrogens with zero attached hydrogens (tertiary/aromatic N) is 1. The summed E-state index contributed by atoms with van der Waals surface area (Å²) in [6.45, 7) is 8.16. The van der Waals surface area contributed by atoms with Gasteiger partial charge in [-0.2, -0.15) is 0 Å². The number of amides is 1. The van der Waals surface area contributed by atoms with Crippen molar-refractivity contribution in [2.45, 2.75) is 39.0 Å². The minimum atomic E-state index is -3.96. The first-order valence-corrected chi connectivity index (χ1v) is 10.9. The molecule has 0 atom stereocenters. The van der Waals surface area contributed by atoms with Crippen molar-refractivity contribution in [3.63, 3.8) is 0 Å². The molecule has 1 aliphatic rings. The van der Waals surface area contributed by atoms with E-state index in [4.69, 9.17) is 4.74 Å². The predicted molar refractivity (Wildman–Crippen MR) is 110 cm³/mol. The van der Waals surface area contributed by atoms with Crippen LogP contribution in [0.2, 0.25) is 0 Å². The highest BCUT2D eigenvalue weighted by molar-refractivity contribution is 7.92. The van der Waals surface area contributed by atoms with Crippen LogP contribution in [0, 0.1) is 11.2 Å². The largest absolute Gasteiger partial charge is 0.491 e. The Morgan fingerprint density at radius 3 is 2.55 bits per heavy atom. The lowest BCUT2D eigenvalue weighted by Gasteiger charge is -2.26. The molecule has 29 heavy (non-hydrogen) atoms. The monoisotopic (exact) mass is 420 g/mol. The van der Waals surface area contributed by atoms with Gasteiger partial charge in [-0.1, -0.05) is 20.8 Å². The van der Waals surface area contributed by atoms with E-state index in [9.17, 15) is 17.6 Å². The van der Waals surface area contributed by atoms with E-state index in [0.29, 0.717) is 18.7 Å². The maximum atomic E-state index is 14.0. The third kappa shape index (κ3) is 4.37. The molecule has 2 aromatic carbocycles. The topological polar surface area (TPSA) is 75.7 Å². The third-order valence-electron chi connectivity index (χ3n) is 4.63. The first-order chi connectivity index (χ1) is 13.5. The molecule has 3 rings (SSSR count). The van der Waals surface area contributed by atoms with Gasteiger partial charge in [0, 0.05) is 23.3 Å². The molecule has 0 spiro atoms. The van der Waals surface area contributed by atoms with Crippen LogP contribution in [0.4, 0.5) is 15.8 Å². The molecule has 6 nitrogen and oxygen atoms in total. The van der Waals surface area contributed by atoms with Crippen molar-refractivity contribution in [2.24, 2.45) is 5.41 Å². The lowest BCUT2D eigenvalue weighted by Crippen LogP contribution is -2.38. The summed E-state index contributed by atoms with van der Waals surface area (Å²) in [5, 5.41) is 0. The molecule has 1 aliphatic heterocycles. The number of fused-ring (bicyclic) bond motifs is 1. The van der Waals surface area contributed by atoms with Crippen molar-refractivity contribution < 1.29 is 22.3 Å². The lowest BCUT2D eigenvalue weighted by atomic mass is 9.94. The number of carbonyl (C=O) groups excluding carboxylic acids is 1. The normalized spacial score (nSPS) is 13.9. The SMILES string of the molecule is CCOc1ccc(S(=O)(=O)Nc2ccc3c(c2)CCN3C(=O)C(C)(C)C)cc1F. The van der Waals surface area contributed by atoms with E-state index in [1.54, 1.807) is 30.0 Å². The van der Waals surface area contributed by atoms with E-state index in [1.165, 1.54) is 12.1 Å². The van der Waals surface area contributed by atoms with Gasteiger partial charge >= 0.3 is 0 Å². The summed E-state index contributed by atoms with van der Waals surface area (Å²) in [6, 6.07) is 8.59. The molecule has 0 fully saturated rings. The molecule has 0 saturated carbocycles. The van der Waals surface area contributed by atoms with E-state index in [0.717, 1.165) is 17.3 Å². The van der Waals surface area contributed by atoms with Crippen molar-refractivity contribution in [1.29, 1.82) is 0 Å². The van der Waals surface area contributed by atoms with E-state index < -0.39 is 21.3 Å². The van der Waals surface area contributed by atoms with Gasteiger partial charge in [0.25, 0.3) is 10.0 Å². The third-order valence-corrected chi connectivity index (χ3v) is 6.01. The molecular weight excluding hydrogens is 395 g/mol. The van der Waals surface area contributed by atoms with E-state index in [-0.39, 0.29) is 23.2 Å². The molecule has 1 N–H and O–H groups in total. The van der Waals surface area contributed by atoms with Crippen molar-refractivity contribution in [2.75, 3.05) is 22.8 Å². The van der Waals surface area contributed by atoms with Crippen LogP contribution in [0.1, 0.15) is 33.3 Å². The van der Waals surface area contributed by atoms with Crippen LogP contribution in [-0.2, 0) is 21.2 Å². The van der Waals surface area contributed by atoms with Crippen LogP contribution in [0.25, 0.3) is 0 Å². The quantitative estimate of drug-likeness (QED) is 0.794. The highest BCUT2D eigenvalue weighted by Gasteiger charge is 2.32. The molecule has 2 aromatic rings. The van der Waals surface area contributed by atoms with Gasteiger partial charge in [0.05, 0.1) is 11.5 Å². The lowest BCUT2D eigenvalue weighted by molar-refractivity contribution is -0.125. The zero-order valence-electron chi connectivity index (χ0n) is 17.0. The fourth-order valence-electron chi connectivity index (χ4n) is 3.22. The number of benzene rings is 2. The fourth-order valence-corrected chi connectivity index (χ4v) is 4.28. The van der Waals surface area contributed by atoms with E-state index >= 15 is 0 Å². The highest BCUT2D eigenvalue weighted by Crippen LogP contribution is 2.34. The molecule has 0 saturated heterocycles. The molecule has 0 unspecified atom stereocenters. The summed E-state index contributed by atoms with van der Waals surface area (Å²) >= 11 is 0. The summed E-state index contributed by atoms with van der Waals surface area (Å²) in [6.07, 6.45) is 0.643. The second-order valence-corrected chi connectivity index (χ2v) is 9.61. The minimum Gasteiger partial charge on any atom is -0.491 e. The van der Waals surface area contributed by atoms with Gasteiger partial charge in [0.15, 0.2) is 11.6 Å². The number of anilines is 2.